The highest BCUT2D eigenvalue weighted by molar-refractivity contribution is 5.20. The van der Waals surface area contributed by atoms with Gasteiger partial charge < -0.3 is 9.52 Å². The first-order chi connectivity index (χ1) is 8.24. The molecule has 1 atom stereocenters. The molecule has 0 radical (unpaired) electrons. The van der Waals surface area contributed by atoms with Gasteiger partial charge in [0.25, 0.3) is 0 Å². The van der Waals surface area contributed by atoms with E-state index in [9.17, 15) is 5.11 Å². The Morgan fingerprint density at radius 1 is 1.41 bits per heavy atom. The number of nitrogens with zero attached hydrogens (tertiary/aromatic N) is 2. The zero-order valence-electron chi connectivity index (χ0n) is 10.3. The van der Waals surface area contributed by atoms with Gasteiger partial charge in [0.15, 0.2) is 0 Å². The Labute approximate surface area is 101 Å². The Bertz CT molecular complexity index is 473. The minimum atomic E-state index is -0.721. The largest absolute Gasteiger partial charge is 0.463 e. The van der Waals surface area contributed by atoms with Crippen LogP contribution in [0.15, 0.2) is 28.9 Å². The molecular weight excluding hydrogens is 216 g/mol. The number of furan rings is 1. The lowest BCUT2D eigenvalue weighted by Crippen LogP contribution is -1.98. The summed E-state index contributed by atoms with van der Waals surface area (Å²) in [6.07, 6.45) is 4.69. The molecule has 0 aromatic carbocycles. The third-order valence-electron chi connectivity index (χ3n) is 2.72. The predicted molar refractivity (Wildman–Crippen MR) is 64.7 cm³/mol. The third-order valence-corrected chi connectivity index (χ3v) is 2.72. The summed E-state index contributed by atoms with van der Waals surface area (Å²) in [6, 6.07) is 3.72. The van der Waals surface area contributed by atoms with E-state index in [1.807, 2.05) is 29.9 Å². The molecule has 0 spiro atoms. The lowest BCUT2D eigenvalue weighted by molar-refractivity contribution is 0.187. The van der Waals surface area contributed by atoms with Crippen molar-refractivity contribution >= 4 is 0 Å². The van der Waals surface area contributed by atoms with Crippen LogP contribution in [0.3, 0.4) is 0 Å². The monoisotopic (exact) mass is 234 g/mol. The Morgan fingerprint density at radius 3 is 2.88 bits per heavy atom. The quantitative estimate of drug-likeness (QED) is 0.864. The Morgan fingerprint density at radius 2 is 2.24 bits per heavy atom. The van der Waals surface area contributed by atoms with Crippen LogP contribution in [0, 0.1) is 0 Å². The van der Waals surface area contributed by atoms with E-state index in [1.54, 1.807) is 6.20 Å². The molecule has 17 heavy (non-hydrogen) atoms. The normalized spacial score (nSPS) is 12.9. The van der Waals surface area contributed by atoms with Crippen LogP contribution in [0.5, 0.6) is 0 Å². The van der Waals surface area contributed by atoms with E-state index >= 15 is 0 Å². The van der Waals surface area contributed by atoms with Crippen LogP contribution < -0.4 is 0 Å². The minimum absolute atomic E-state index is 0.581. The van der Waals surface area contributed by atoms with E-state index in [0.717, 1.165) is 30.7 Å². The fourth-order valence-corrected chi connectivity index (χ4v) is 1.77. The number of hydrogen-bond donors (Lipinski definition) is 1. The van der Waals surface area contributed by atoms with Gasteiger partial charge in [-0.25, -0.2) is 0 Å². The Kier molecular flexibility index (Phi) is 3.64. The van der Waals surface area contributed by atoms with Gasteiger partial charge in [0.2, 0.25) is 0 Å². The second kappa shape index (κ2) is 5.19. The highest BCUT2D eigenvalue weighted by Crippen LogP contribution is 2.23. The van der Waals surface area contributed by atoms with Crippen LogP contribution >= 0.6 is 0 Å². The van der Waals surface area contributed by atoms with Gasteiger partial charge in [-0.15, -0.1) is 0 Å². The molecule has 0 aliphatic heterocycles. The molecule has 4 heteroatoms. The van der Waals surface area contributed by atoms with E-state index in [1.165, 1.54) is 0 Å². The summed E-state index contributed by atoms with van der Waals surface area (Å²) < 4.78 is 7.37. The summed E-state index contributed by atoms with van der Waals surface area (Å²) in [5.41, 5.74) is 0.774. The topological polar surface area (TPSA) is 51.2 Å². The average molecular weight is 234 g/mol. The van der Waals surface area contributed by atoms with Crippen molar-refractivity contribution < 1.29 is 9.52 Å². The van der Waals surface area contributed by atoms with Crippen molar-refractivity contribution in [3.05, 3.63) is 41.6 Å². The number of aliphatic hydroxyl groups is 1. The summed E-state index contributed by atoms with van der Waals surface area (Å²) in [5, 5.41) is 14.3. The molecule has 4 nitrogen and oxygen atoms in total. The molecule has 2 heterocycles. The van der Waals surface area contributed by atoms with Gasteiger partial charge in [0, 0.05) is 24.7 Å². The lowest BCUT2D eigenvalue weighted by atomic mass is 10.1. The molecule has 2 aromatic rings. The zero-order chi connectivity index (χ0) is 12.3. The van der Waals surface area contributed by atoms with Crippen LogP contribution in [0.25, 0.3) is 0 Å². The Hall–Kier alpha value is -1.55. The van der Waals surface area contributed by atoms with Crippen LogP contribution in [0.2, 0.25) is 0 Å². The van der Waals surface area contributed by atoms with Gasteiger partial charge >= 0.3 is 0 Å². The molecule has 2 rings (SSSR count). The molecule has 92 valence electrons. The van der Waals surface area contributed by atoms with E-state index in [-0.39, 0.29) is 0 Å². The van der Waals surface area contributed by atoms with Gasteiger partial charge in [0.05, 0.1) is 6.20 Å². The van der Waals surface area contributed by atoms with Gasteiger partial charge in [-0.05, 0) is 18.6 Å². The van der Waals surface area contributed by atoms with Crippen LogP contribution in [-0.4, -0.2) is 14.9 Å². The average Bonchev–Trinajstić information content (AvgIpc) is 2.97. The second-order valence-corrected chi connectivity index (χ2v) is 4.10. The van der Waals surface area contributed by atoms with Crippen molar-refractivity contribution in [2.24, 2.45) is 0 Å². The molecule has 0 aliphatic rings. The molecule has 0 saturated heterocycles. The van der Waals surface area contributed by atoms with Gasteiger partial charge in [-0.1, -0.05) is 13.8 Å². The van der Waals surface area contributed by atoms with Crippen molar-refractivity contribution in [2.45, 2.75) is 39.3 Å². The number of aromatic nitrogens is 2. The maximum atomic E-state index is 10.1. The fourth-order valence-electron chi connectivity index (χ4n) is 1.77. The summed E-state index contributed by atoms with van der Waals surface area (Å²) >= 11 is 0. The van der Waals surface area contributed by atoms with Crippen LogP contribution in [-0.2, 0) is 13.0 Å². The molecule has 0 bridgehead atoms. The lowest BCUT2D eigenvalue weighted by Gasteiger charge is -2.04. The van der Waals surface area contributed by atoms with Crippen molar-refractivity contribution in [2.75, 3.05) is 0 Å². The molecule has 2 aromatic heterocycles. The molecule has 1 N–H and O–H groups in total. The van der Waals surface area contributed by atoms with Crippen molar-refractivity contribution in [3.63, 3.8) is 0 Å². The van der Waals surface area contributed by atoms with Crippen molar-refractivity contribution in [1.29, 1.82) is 0 Å². The SMILES string of the molecule is CCCn1cc(C(O)c2ccc(CC)o2)cn1. The minimum Gasteiger partial charge on any atom is -0.463 e. The number of aliphatic hydroxyl groups excluding tert-OH is 1. The predicted octanol–water partition coefficient (Wildman–Crippen LogP) is 2.53. The van der Waals surface area contributed by atoms with Gasteiger partial charge in [-0.2, -0.15) is 5.10 Å². The smallest absolute Gasteiger partial charge is 0.140 e. The first kappa shape index (κ1) is 11.9. The summed E-state index contributed by atoms with van der Waals surface area (Å²) in [6.45, 7) is 4.98. The second-order valence-electron chi connectivity index (χ2n) is 4.10. The third kappa shape index (κ3) is 2.58. The standard InChI is InChI=1S/C13H18N2O2/c1-3-7-15-9-10(8-14-15)13(16)12-6-5-11(4-2)17-12/h5-6,8-9,13,16H,3-4,7H2,1-2H3. The molecule has 1 unspecified atom stereocenters. The number of hydrogen-bond acceptors (Lipinski definition) is 3. The molecule has 0 aliphatic carbocycles. The maximum absolute atomic E-state index is 10.1. The number of aryl methyl sites for hydroxylation is 2. The highest BCUT2D eigenvalue weighted by atomic mass is 16.4. The van der Waals surface area contributed by atoms with Crippen LogP contribution in [0.4, 0.5) is 0 Å². The van der Waals surface area contributed by atoms with Crippen molar-refractivity contribution in [1.82, 2.24) is 9.78 Å². The first-order valence-corrected chi connectivity index (χ1v) is 6.03. The summed E-state index contributed by atoms with van der Waals surface area (Å²) in [7, 11) is 0. The zero-order valence-corrected chi connectivity index (χ0v) is 10.3. The molecule has 0 fully saturated rings. The summed E-state index contributed by atoms with van der Waals surface area (Å²) in [5.74, 6) is 1.47. The number of rotatable bonds is 5. The summed E-state index contributed by atoms with van der Waals surface area (Å²) in [4.78, 5) is 0. The van der Waals surface area contributed by atoms with Gasteiger partial charge in [0.1, 0.15) is 17.6 Å². The van der Waals surface area contributed by atoms with E-state index in [0.29, 0.717) is 5.76 Å². The van der Waals surface area contributed by atoms with Gasteiger partial charge in [-0.3, -0.25) is 4.68 Å². The molecule has 0 amide bonds. The maximum Gasteiger partial charge on any atom is 0.140 e. The highest BCUT2D eigenvalue weighted by Gasteiger charge is 2.16. The first-order valence-electron chi connectivity index (χ1n) is 6.03. The molecule has 0 saturated carbocycles. The van der Waals surface area contributed by atoms with E-state index in [4.69, 9.17) is 4.42 Å². The van der Waals surface area contributed by atoms with Crippen LogP contribution in [0.1, 0.15) is 43.5 Å². The molecular formula is C13H18N2O2. The Balaban J connectivity index is 2.14. The van der Waals surface area contributed by atoms with Crippen molar-refractivity contribution in [3.8, 4) is 0 Å². The van der Waals surface area contributed by atoms with E-state index in [2.05, 4.69) is 12.0 Å². The van der Waals surface area contributed by atoms with E-state index < -0.39 is 6.10 Å². The fraction of sp³-hybridized carbons (Fsp3) is 0.462.